The van der Waals surface area contributed by atoms with Crippen molar-refractivity contribution in [2.24, 2.45) is 17.6 Å². The molecule has 166 valence electrons. The molecule has 0 spiro atoms. The van der Waals surface area contributed by atoms with Crippen molar-refractivity contribution in [1.82, 2.24) is 9.21 Å². The fourth-order valence-electron chi connectivity index (χ4n) is 4.11. The van der Waals surface area contributed by atoms with Crippen LogP contribution < -0.4 is 15.2 Å². The van der Waals surface area contributed by atoms with Crippen LogP contribution >= 0.6 is 0 Å². The number of hydrogen-bond acceptors (Lipinski definition) is 6. The number of rotatable bonds is 6. The van der Waals surface area contributed by atoms with Crippen LogP contribution in [-0.2, 0) is 19.6 Å². The second-order valence-corrected chi connectivity index (χ2v) is 9.60. The van der Waals surface area contributed by atoms with Crippen LogP contribution in [0.4, 0.5) is 0 Å². The van der Waals surface area contributed by atoms with E-state index < -0.39 is 10.0 Å². The topological polar surface area (TPSA) is 119 Å². The summed E-state index contributed by atoms with van der Waals surface area (Å²) in [5.74, 6) is 0.0281. The van der Waals surface area contributed by atoms with Crippen molar-refractivity contribution >= 4 is 21.8 Å². The number of nitrogens with zero attached hydrogens (tertiary/aromatic N) is 2. The van der Waals surface area contributed by atoms with E-state index in [1.54, 1.807) is 17.0 Å². The standard InChI is InChI=1S/C20H29N3O6S/c1-28-16-3-4-17(29-2)18(13-16)30(26,27)23-11-7-15(8-12-23)20(25)22-9-5-14(6-10-22)19(21)24/h3-4,13-15H,5-12H2,1-2H3,(H2,21,24). The van der Waals surface area contributed by atoms with Crippen LogP contribution in [-0.4, -0.2) is 69.8 Å². The van der Waals surface area contributed by atoms with Gasteiger partial charge in [-0.3, -0.25) is 9.59 Å². The maximum absolute atomic E-state index is 13.2. The van der Waals surface area contributed by atoms with Crippen LogP contribution in [0.5, 0.6) is 11.5 Å². The van der Waals surface area contributed by atoms with E-state index in [1.807, 2.05) is 0 Å². The van der Waals surface area contributed by atoms with E-state index in [-0.39, 0.29) is 47.4 Å². The molecule has 0 atom stereocenters. The predicted molar refractivity (Wildman–Crippen MR) is 110 cm³/mol. The monoisotopic (exact) mass is 439 g/mol. The maximum atomic E-state index is 13.2. The zero-order chi connectivity index (χ0) is 21.9. The number of primary amides is 1. The Bertz CT molecular complexity index is 888. The van der Waals surface area contributed by atoms with Gasteiger partial charge in [-0.25, -0.2) is 8.42 Å². The number of carbonyl (C=O) groups excluding carboxylic acids is 2. The molecule has 1 aromatic rings. The first kappa shape index (κ1) is 22.4. The molecular weight excluding hydrogens is 410 g/mol. The smallest absolute Gasteiger partial charge is 0.246 e. The molecule has 30 heavy (non-hydrogen) atoms. The summed E-state index contributed by atoms with van der Waals surface area (Å²) in [4.78, 5) is 26.0. The Morgan fingerprint density at radius 1 is 0.967 bits per heavy atom. The van der Waals surface area contributed by atoms with Gasteiger partial charge in [-0.2, -0.15) is 4.31 Å². The molecule has 2 fully saturated rings. The number of hydrogen-bond donors (Lipinski definition) is 1. The quantitative estimate of drug-likeness (QED) is 0.701. The minimum atomic E-state index is -3.78. The highest BCUT2D eigenvalue weighted by molar-refractivity contribution is 7.89. The molecule has 10 heteroatoms. The number of nitrogens with two attached hydrogens (primary N) is 1. The van der Waals surface area contributed by atoms with Crippen LogP contribution in [0.25, 0.3) is 0 Å². The average Bonchev–Trinajstić information content (AvgIpc) is 2.78. The van der Waals surface area contributed by atoms with Crippen LogP contribution in [0.15, 0.2) is 23.1 Å². The van der Waals surface area contributed by atoms with Gasteiger partial charge in [0, 0.05) is 44.1 Å². The lowest BCUT2D eigenvalue weighted by molar-refractivity contribution is -0.139. The van der Waals surface area contributed by atoms with Gasteiger partial charge >= 0.3 is 0 Å². The van der Waals surface area contributed by atoms with Gasteiger partial charge in [0.2, 0.25) is 21.8 Å². The summed E-state index contributed by atoms with van der Waals surface area (Å²) < 4.78 is 38.1. The Hall–Kier alpha value is -2.33. The molecule has 2 heterocycles. The molecule has 0 saturated carbocycles. The number of ether oxygens (including phenoxy) is 2. The van der Waals surface area contributed by atoms with Gasteiger partial charge in [0.05, 0.1) is 14.2 Å². The van der Waals surface area contributed by atoms with Crippen molar-refractivity contribution in [3.63, 3.8) is 0 Å². The summed E-state index contributed by atoms with van der Waals surface area (Å²) in [5.41, 5.74) is 5.35. The maximum Gasteiger partial charge on any atom is 0.246 e. The van der Waals surface area contributed by atoms with Gasteiger partial charge in [-0.1, -0.05) is 0 Å². The molecule has 2 aliphatic heterocycles. The van der Waals surface area contributed by atoms with Crippen LogP contribution in [0.3, 0.4) is 0 Å². The van der Waals surface area contributed by atoms with Crippen molar-refractivity contribution in [2.75, 3.05) is 40.4 Å². The third kappa shape index (κ3) is 4.54. The Morgan fingerprint density at radius 3 is 2.10 bits per heavy atom. The van der Waals surface area contributed by atoms with Gasteiger partial charge in [-0.15, -0.1) is 0 Å². The molecule has 2 N–H and O–H groups in total. The third-order valence-electron chi connectivity index (χ3n) is 6.00. The fraction of sp³-hybridized carbons (Fsp3) is 0.600. The van der Waals surface area contributed by atoms with Crippen molar-refractivity contribution in [1.29, 1.82) is 0 Å². The van der Waals surface area contributed by atoms with E-state index in [1.165, 1.54) is 24.6 Å². The first-order chi connectivity index (χ1) is 14.3. The van der Waals surface area contributed by atoms with Crippen molar-refractivity contribution < 1.29 is 27.5 Å². The summed E-state index contributed by atoms with van der Waals surface area (Å²) in [7, 11) is -0.879. The molecule has 9 nitrogen and oxygen atoms in total. The fourth-order valence-corrected chi connectivity index (χ4v) is 5.75. The second kappa shape index (κ2) is 9.22. The molecule has 0 aliphatic carbocycles. The van der Waals surface area contributed by atoms with Crippen LogP contribution in [0.2, 0.25) is 0 Å². The summed E-state index contributed by atoms with van der Waals surface area (Å²) in [5, 5.41) is 0. The second-order valence-electron chi connectivity index (χ2n) is 7.70. The van der Waals surface area contributed by atoms with E-state index in [2.05, 4.69) is 0 Å². The normalized spacial score (nSPS) is 19.5. The Kier molecular flexibility index (Phi) is 6.87. The van der Waals surface area contributed by atoms with E-state index in [0.717, 1.165) is 0 Å². The van der Waals surface area contributed by atoms with Crippen molar-refractivity contribution in [3.8, 4) is 11.5 Å². The minimum absolute atomic E-state index is 0.0360. The third-order valence-corrected chi connectivity index (χ3v) is 7.92. The minimum Gasteiger partial charge on any atom is -0.497 e. The zero-order valence-corrected chi connectivity index (χ0v) is 18.2. The molecule has 3 rings (SSSR count). The highest BCUT2D eigenvalue weighted by Gasteiger charge is 2.36. The van der Waals surface area contributed by atoms with E-state index >= 15 is 0 Å². The number of amides is 2. The molecular formula is C20H29N3O6S. The lowest BCUT2D eigenvalue weighted by atomic mass is 9.92. The van der Waals surface area contributed by atoms with Crippen LogP contribution in [0.1, 0.15) is 25.7 Å². The average molecular weight is 440 g/mol. The van der Waals surface area contributed by atoms with Gasteiger partial charge in [0.15, 0.2) is 0 Å². The largest absolute Gasteiger partial charge is 0.497 e. The number of benzene rings is 1. The van der Waals surface area contributed by atoms with Gasteiger partial charge < -0.3 is 20.1 Å². The Balaban J connectivity index is 1.64. The van der Waals surface area contributed by atoms with Gasteiger partial charge in [0.25, 0.3) is 0 Å². The molecule has 0 radical (unpaired) electrons. The highest BCUT2D eigenvalue weighted by Crippen LogP contribution is 2.33. The molecule has 1 aromatic carbocycles. The molecule has 0 unspecified atom stereocenters. The zero-order valence-electron chi connectivity index (χ0n) is 17.4. The van der Waals surface area contributed by atoms with Crippen molar-refractivity contribution in [3.05, 3.63) is 18.2 Å². The number of sulfonamides is 1. The molecule has 0 bridgehead atoms. The van der Waals surface area contributed by atoms with Crippen LogP contribution in [0, 0.1) is 11.8 Å². The van der Waals surface area contributed by atoms with E-state index in [0.29, 0.717) is 44.5 Å². The molecule has 2 aliphatic rings. The summed E-state index contributed by atoms with van der Waals surface area (Å²) >= 11 is 0. The first-order valence-electron chi connectivity index (χ1n) is 10.1. The summed E-state index contributed by atoms with van der Waals surface area (Å²) in [6.07, 6.45) is 2.09. The first-order valence-corrected chi connectivity index (χ1v) is 11.5. The Labute approximate surface area is 177 Å². The predicted octanol–water partition coefficient (Wildman–Crippen LogP) is 0.828. The Morgan fingerprint density at radius 2 is 1.57 bits per heavy atom. The number of methoxy groups -OCH3 is 2. The van der Waals surface area contributed by atoms with E-state index in [9.17, 15) is 18.0 Å². The molecule has 2 amide bonds. The number of piperidine rings is 2. The van der Waals surface area contributed by atoms with Gasteiger partial charge in [-0.05, 0) is 37.8 Å². The highest BCUT2D eigenvalue weighted by atomic mass is 32.2. The lowest BCUT2D eigenvalue weighted by Crippen LogP contribution is -2.47. The summed E-state index contributed by atoms with van der Waals surface area (Å²) in [6, 6.07) is 4.66. The van der Waals surface area contributed by atoms with E-state index in [4.69, 9.17) is 15.2 Å². The number of carbonyl (C=O) groups is 2. The SMILES string of the molecule is COc1ccc(OC)c(S(=O)(=O)N2CCC(C(=O)N3CCC(C(N)=O)CC3)CC2)c1. The number of likely N-dealkylation sites (tertiary alicyclic amines) is 1. The molecule has 0 aromatic heterocycles. The lowest BCUT2D eigenvalue weighted by Gasteiger charge is -2.36. The molecule has 2 saturated heterocycles. The van der Waals surface area contributed by atoms with Crippen molar-refractivity contribution in [2.45, 2.75) is 30.6 Å². The van der Waals surface area contributed by atoms with Gasteiger partial charge in [0.1, 0.15) is 16.4 Å². The summed E-state index contributed by atoms with van der Waals surface area (Å²) in [6.45, 7) is 1.56.